The Kier molecular flexibility index (Phi) is 5.41. The standard InChI is InChI=1S/C19H27N3O2S/c1-5-22-10-9-21(13-19(22,3)4)12-15-8-7-14-11-16(18(23)24-6-2)25-17(14)20-15/h7-8,11H,5-6,9-10,12-13H2,1-4H3. The second-order valence-electron chi connectivity index (χ2n) is 7.13. The fourth-order valence-corrected chi connectivity index (χ4v) is 4.53. The van der Waals surface area contributed by atoms with E-state index in [0.29, 0.717) is 11.5 Å². The summed E-state index contributed by atoms with van der Waals surface area (Å²) in [6, 6.07) is 6.01. The molecule has 6 heteroatoms. The van der Waals surface area contributed by atoms with Crippen molar-refractivity contribution in [3.63, 3.8) is 0 Å². The SMILES string of the molecule is CCOC(=O)c1cc2ccc(CN3CCN(CC)C(C)(C)C3)nc2s1. The second-order valence-corrected chi connectivity index (χ2v) is 8.16. The molecule has 1 fully saturated rings. The van der Waals surface area contributed by atoms with Gasteiger partial charge in [-0.1, -0.05) is 13.0 Å². The van der Waals surface area contributed by atoms with Crippen molar-refractivity contribution < 1.29 is 9.53 Å². The summed E-state index contributed by atoms with van der Waals surface area (Å²) in [5.41, 5.74) is 1.25. The summed E-state index contributed by atoms with van der Waals surface area (Å²) in [5.74, 6) is -0.260. The Hall–Kier alpha value is -1.50. The van der Waals surface area contributed by atoms with Gasteiger partial charge in [-0.3, -0.25) is 9.80 Å². The number of aromatic nitrogens is 1. The van der Waals surface area contributed by atoms with Gasteiger partial charge in [0, 0.05) is 37.1 Å². The summed E-state index contributed by atoms with van der Waals surface area (Å²) in [5, 5.41) is 1.01. The highest BCUT2D eigenvalue weighted by molar-refractivity contribution is 7.20. The highest BCUT2D eigenvalue weighted by Gasteiger charge is 2.32. The quantitative estimate of drug-likeness (QED) is 0.764. The molecular weight excluding hydrogens is 334 g/mol. The molecule has 1 saturated heterocycles. The van der Waals surface area contributed by atoms with Crippen LogP contribution in [-0.4, -0.2) is 59.1 Å². The minimum Gasteiger partial charge on any atom is -0.462 e. The first-order valence-electron chi connectivity index (χ1n) is 8.97. The molecule has 0 aromatic carbocycles. The van der Waals surface area contributed by atoms with E-state index >= 15 is 0 Å². The van der Waals surface area contributed by atoms with Gasteiger partial charge >= 0.3 is 5.97 Å². The molecule has 0 spiro atoms. The van der Waals surface area contributed by atoms with Crippen molar-refractivity contribution in [1.29, 1.82) is 0 Å². The number of rotatable bonds is 5. The van der Waals surface area contributed by atoms with E-state index in [0.717, 1.165) is 48.6 Å². The highest BCUT2D eigenvalue weighted by Crippen LogP contribution is 2.26. The third-order valence-corrected chi connectivity index (χ3v) is 5.86. The number of nitrogens with zero attached hydrogens (tertiary/aromatic N) is 3. The molecule has 1 aliphatic heterocycles. The van der Waals surface area contributed by atoms with Gasteiger partial charge in [-0.25, -0.2) is 9.78 Å². The molecule has 2 aromatic heterocycles. The Bertz CT molecular complexity index is 756. The van der Waals surface area contributed by atoms with Gasteiger partial charge in [-0.15, -0.1) is 11.3 Å². The molecule has 3 rings (SSSR count). The molecule has 2 aromatic rings. The summed E-state index contributed by atoms with van der Waals surface area (Å²) in [7, 11) is 0. The predicted molar refractivity (Wildman–Crippen MR) is 102 cm³/mol. The highest BCUT2D eigenvalue weighted by atomic mass is 32.1. The van der Waals surface area contributed by atoms with Crippen molar-refractivity contribution in [2.45, 2.75) is 39.8 Å². The van der Waals surface area contributed by atoms with E-state index in [1.54, 1.807) is 0 Å². The fourth-order valence-electron chi connectivity index (χ4n) is 3.59. The maximum atomic E-state index is 11.9. The number of carbonyl (C=O) groups is 1. The van der Waals surface area contributed by atoms with Crippen molar-refractivity contribution in [3.05, 3.63) is 28.8 Å². The van der Waals surface area contributed by atoms with Gasteiger partial charge in [-0.2, -0.15) is 0 Å². The maximum absolute atomic E-state index is 11.9. The normalized spacial score (nSPS) is 18.6. The van der Waals surface area contributed by atoms with Crippen molar-refractivity contribution in [2.24, 2.45) is 0 Å². The molecule has 0 radical (unpaired) electrons. The summed E-state index contributed by atoms with van der Waals surface area (Å²) in [6.07, 6.45) is 0. The van der Waals surface area contributed by atoms with Crippen LogP contribution in [0.25, 0.3) is 10.2 Å². The van der Waals surface area contributed by atoms with Crippen LogP contribution in [0.4, 0.5) is 0 Å². The fraction of sp³-hybridized carbons (Fsp3) is 0.579. The number of pyridine rings is 1. The number of hydrogen-bond acceptors (Lipinski definition) is 6. The predicted octanol–water partition coefficient (Wildman–Crippen LogP) is 3.39. The lowest BCUT2D eigenvalue weighted by atomic mass is 9.98. The van der Waals surface area contributed by atoms with Crippen LogP contribution in [0.5, 0.6) is 0 Å². The third kappa shape index (κ3) is 4.02. The first kappa shape index (κ1) is 18.3. The van der Waals surface area contributed by atoms with Crippen molar-refractivity contribution in [3.8, 4) is 0 Å². The zero-order valence-corrected chi connectivity index (χ0v) is 16.4. The van der Waals surface area contributed by atoms with Crippen LogP contribution >= 0.6 is 11.3 Å². The van der Waals surface area contributed by atoms with Gasteiger partial charge in [0.2, 0.25) is 0 Å². The van der Waals surface area contributed by atoms with Crippen LogP contribution in [0.15, 0.2) is 18.2 Å². The monoisotopic (exact) mass is 361 g/mol. The number of esters is 1. The lowest BCUT2D eigenvalue weighted by Crippen LogP contribution is -2.58. The molecule has 0 aliphatic carbocycles. The second kappa shape index (κ2) is 7.40. The Morgan fingerprint density at radius 1 is 1.32 bits per heavy atom. The molecule has 136 valence electrons. The molecule has 0 bridgehead atoms. The Morgan fingerprint density at radius 2 is 2.12 bits per heavy atom. The lowest BCUT2D eigenvalue weighted by Gasteiger charge is -2.46. The number of piperazine rings is 1. The van der Waals surface area contributed by atoms with Crippen molar-refractivity contribution in [2.75, 3.05) is 32.8 Å². The van der Waals surface area contributed by atoms with E-state index in [1.807, 2.05) is 13.0 Å². The van der Waals surface area contributed by atoms with Crippen molar-refractivity contribution in [1.82, 2.24) is 14.8 Å². The van der Waals surface area contributed by atoms with E-state index in [-0.39, 0.29) is 11.5 Å². The molecule has 0 saturated carbocycles. The molecule has 25 heavy (non-hydrogen) atoms. The zero-order chi connectivity index (χ0) is 18.0. The van der Waals surface area contributed by atoms with Crippen LogP contribution in [0.2, 0.25) is 0 Å². The van der Waals surface area contributed by atoms with Crippen LogP contribution in [0, 0.1) is 0 Å². The Morgan fingerprint density at radius 3 is 2.80 bits per heavy atom. The molecule has 0 unspecified atom stereocenters. The van der Waals surface area contributed by atoms with Crippen LogP contribution in [-0.2, 0) is 11.3 Å². The number of ether oxygens (including phenoxy) is 1. The molecule has 5 nitrogen and oxygen atoms in total. The minimum atomic E-state index is -0.260. The lowest BCUT2D eigenvalue weighted by molar-refractivity contribution is 0.0197. The summed E-state index contributed by atoms with van der Waals surface area (Å²) in [6.45, 7) is 14.2. The maximum Gasteiger partial charge on any atom is 0.348 e. The van der Waals surface area contributed by atoms with E-state index < -0.39 is 0 Å². The summed E-state index contributed by atoms with van der Waals surface area (Å²) < 4.78 is 5.08. The molecule has 0 N–H and O–H groups in total. The number of fused-ring (bicyclic) bond motifs is 1. The van der Waals surface area contributed by atoms with E-state index in [9.17, 15) is 4.79 Å². The zero-order valence-electron chi connectivity index (χ0n) is 15.5. The van der Waals surface area contributed by atoms with E-state index in [1.165, 1.54) is 11.3 Å². The smallest absolute Gasteiger partial charge is 0.348 e. The average Bonchev–Trinajstić information content (AvgIpc) is 2.98. The Labute approximate surface area is 153 Å². The number of carbonyl (C=O) groups excluding carboxylic acids is 1. The largest absolute Gasteiger partial charge is 0.462 e. The molecule has 0 amide bonds. The molecular formula is C19H27N3O2S. The van der Waals surface area contributed by atoms with Gasteiger partial charge < -0.3 is 4.74 Å². The van der Waals surface area contributed by atoms with Crippen molar-refractivity contribution >= 4 is 27.5 Å². The third-order valence-electron chi connectivity index (χ3n) is 4.84. The molecule has 0 atom stereocenters. The van der Waals surface area contributed by atoms with E-state index in [2.05, 4.69) is 42.7 Å². The van der Waals surface area contributed by atoms with Crippen LogP contribution in [0.3, 0.4) is 0 Å². The first-order chi connectivity index (χ1) is 11.9. The topological polar surface area (TPSA) is 45.7 Å². The number of likely N-dealkylation sites (N-methyl/N-ethyl adjacent to an activating group) is 1. The summed E-state index contributed by atoms with van der Waals surface area (Å²) >= 11 is 1.41. The van der Waals surface area contributed by atoms with Gasteiger partial charge in [0.15, 0.2) is 0 Å². The minimum absolute atomic E-state index is 0.192. The van der Waals surface area contributed by atoms with Gasteiger partial charge in [0.1, 0.15) is 9.71 Å². The van der Waals surface area contributed by atoms with Gasteiger partial charge in [0.25, 0.3) is 0 Å². The summed E-state index contributed by atoms with van der Waals surface area (Å²) in [4.78, 5) is 23.2. The first-order valence-corrected chi connectivity index (χ1v) is 9.78. The Balaban J connectivity index is 1.73. The number of hydrogen-bond donors (Lipinski definition) is 0. The molecule has 1 aliphatic rings. The van der Waals surface area contributed by atoms with Gasteiger partial charge in [0.05, 0.1) is 12.3 Å². The van der Waals surface area contributed by atoms with Crippen LogP contribution < -0.4 is 0 Å². The average molecular weight is 362 g/mol. The molecule has 3 heterocycles. The number of thiophene rings is 1. The van der Waals surface area contributed by atoms with E-state index in [4.69, 9.17) is 9.72 Å². The van der Waals surface area contributed by atoms with Crippen LogP contribution in [0.1, 0.15) is 43.1 Å². The van der Waals surface area contributed by atoms with Gasteiger partial charge in [-0.05, 0) is 39.4 Å².